The van der Waals surface area contributed by atoms with E-state index in [-0.39, 0.29) is 17.8 Å². The van der Waals surface area contributed by atoms with E-state index in [2.05, 4.69) is 18.3 Å². The number of aryl methyl sites for hydroxylation is 2. The molecular weight excluding hydrogens is 369 g/mol. The predicted octanol–water partition coefficient (Wildman–Crippen LogP) is 4.33. The molecule has 1 N–H and O–H groups in total. The minimum absolute atomic E-state index is 0.118. The lowest BCUT2D eigenvalue weighted by Crippen LogP contribution is -2.30. The van der Waals surface area contributed by atoms with Crippen molar-refractivity contribution in [3.63, 3.8) is 0 Å². The number of benzene rings is 2. The van der Waals surface area contributed by atoms with E-state index in [1.807, 2.05) is 42.0 Å². The number of hydrogen-bond donors (Lipinski definition) is 1. The van der Waals surface area contributed by atoms with Gasteiger partial charge >= 0.3 is 6.03 Å². The number of rotatable bonds is 4. The van der Waals surface area contributed by atoms with Crippen molar-refractivity contribution in [1.82, 2.24) is 14.8 Å². The molecule has 146 valence electrons. The van der Waals surface area contributed by atoms with Gasteiger partial charge in [0.05, 0.1) is 6.54 Å². The second-order valence-corrected chi connectivity index (χ2v) is 7.04. The molecule has 3 amide bonds. The van der Waals surface area contributed by atoms with Crippen LogP contribution in [0.5, 0.6) is 0 Å². The smallest absolute Gasteiger partial charge is 0.317 e. The highest BCUT2D eigenvalue weighted by Gasteiger charge is 2.34. The zero-order valence-electron chi connectivity index (χ0n) is 16.1. The summed E-state index contributed by atoms with van der Waals surface area (Å²) in [5.41, 5.74) is 4.53. The van der Waals surface area contributed by atoms with Gasteiger partial charge in [0.25, 0.3) is 5.91 Å². The molecule has 2 aromatic carbocycles. The first-order chi connectivity index (χ1) is 13.9. The number of nitrogens with one attached hydrogen (secondary N) is 1. The number of halogens is 1. The van der Waals surface area contributed by atoms with Crippen LogP contribution in [0.1, 0.15) is 22.4 Å². The van der Waals surface area contributed by atoms with Gasteiger partial charge in [-0.3, -0.25) is 9.69 Å². The summed E-state index contributed by atoms with van der Waals surface area (Å²) < 4.78 is 15.9. The Kier molecular flexibility index (Phi) is 4.76. The van der Waals surface area contributed by atoms with Crippen molar-refractivity contribution in [2.75, 3.05) is 0 Å². The fraction of sp³-hybridized carbons (Fsp3) is 0.130. The van der Waals surface area contributed by atoms with Crippen LogP contribution in [0.25, 0.3) is 11.8 Å². The monoisotopic (exact) mass is 389 g/mol. The van der Waals surface area contributed by atoms with E-state index >= 15 is 0 Å². The molecule has 0 spiro atoms. The Bertz CT molecular complexity index is 1150. The Hall–Kier alpha value is -3.67. The number of nitrogens with zero attached hydrogens (tertiary/aromatic N) is 2. The molecule has 1 aromatic heterocycles. The number of hydrogen-bond acceptors (Lipinski definition) is 2. The Labute approximate surface area is 168 Å². The molecule has 3 aromatic rings. The average Bonchev–Trinajstić information content (AvgIpc) is 3.26. The van der Waals surface area contributed by atoms with E-state index in [4.69, 9.17) is 0 Å². The molecule has 4 rings (SSSR count). The maximum Gasteiger partial charge on any atom is 0.329 e. The minimum Gasteiger partial charge on any atom is -0.317 e. The van der Waals surface area contributed by atoms with Crippen molar-refractivity contribution in [3.8, 4) is 5.69 Å². The summed E-state index contributed by atoms with van der Waals surface area (Å²) in [7, 11) is 0. The summed E-state index contributed by atoms with van der Waals surface area (Å²) in [6.45, 7) is 3.98. The maximum absolute atomic E-state index is 13.9. The van der Waals surface area contributed by atoms with E-state index in [1.54, 1.807) is 24.3 Å². The summed E-state index contributed by atoms with van der Waals surface area (Å²) in [4.78, 5) is 26.1. The predicted molar refractivity (Wildman–Crippen MR) is 109 cm³/mol. The number of amides is 3. The summed E-state index contributed by atoms with van der Waals surface area (Å²) in [5, 5.41) is 2.59. The molecule has 5 nitrogen and oxygen atoms in total. The fourth-order valence-corrected chi connectivity index (χ4v) is 3.28. The van der Waals surface area contributed by atoms with Crippen molar-refractivity contribution < 1.29 is 14.0 Å². The molecule has 1 fully saturated rings. The van der Waals surface area contributed by atoms with Gasteiger partial charge in [0.15, 0.2) is 0 Å². The Balaban J connectivity index is 1.62. The number of carbonyl (C=O) groups is 2. The topological polar surface area (TPSA) is 54.3 Å². The van der Waals surface area contributed by atoms with Gasteiger partial charge in [-0.05, 0) is 61.4 Å². The maximum atomic E-state index is 13.9. The minimum atomic E-state index is -0.561. The van der Waals surface area contributed by atoms with E-state index in [0.717, 1.165) is 21.8 Å². The van der Waals surface area contributed by atoms with Gasteiger partial charge in [-0.25, -0.2) is 9.18 Å². The number of carbonyl (C=O) groups excluding carboxylic acids is 2. The van der Waals surface area contributed by atoms with Gasteiger partial charge < -0.3 is 9.88 Å². The van der Waals surface area contributed by atoms with Gasteiger partial charge in [0, 0.05) is 23.1 Å². The molecule has 2 heterocycles. The van der Waals surface area contributed by atoms with Crippen LogP contribution in [0.3, 0.4) is 0 Å². The first kappa shape index (κ1) is 18.7. The van der Waals surface area contributed by atoms with Crippen LogP contribution in [-0.4, -0.2) is 21.4 Å². The highest BCUT2D eigenvalue weighted by atomic mass is 19.1. The quantitative estimate of drug-likeness (QED) is 0.534. The van der Waals surface area contributed by atoms with Crippen molar-refractivity contribution in [3.05, 3.63) is 94.7 Å². The Morgan fingerprint density at radius 2 is 1.79 bits per heavy atom. The third kappa shape index (κ3) is 3.57. The fourth-order valence-electron chi connectivity index (χ4n) is 3.28. The zero-order valence-corrected chi connectivity index (χ0v) is 16.1. The Morgan fingerprint density at radius 1 is 1.00 bits per heavy atom. The summed E-state index contributed by atoms with van der Waals surface area (Å²) >= 11 is 0. The molecule has 0 saturated carbocycles. The van der Waals surface area contributed by atoms with E-state index in [1.165, 1.54) is 11.6 Å². The van der Waals surface area contributed by atoms with Crippen LogP contribution >= 0.6 is 0 Å². The first-order valence-electron chi connectivity index (χ1n) is 9.27. The standard InChI is InChI=1S/C23H20FN3O2/c1-15-9-10-19(12-16(15)2)26-11-5-7-18(26)13-21-22(28)27(23(29)25-21)14-17-6-3-4-8-20(17)24/h3-13H,14H2,1-2H3,(H,25,29)/b21-13+. The Morgan fingerprint density at radius 3 is 2.55 bits per heavy atom. The molecule has 0 aliphatic carbocycles. The molecule has 0 atom stereocenters. The van der Waals surface area contributed by atoms with Gasteiger partial charge in [-0.2, -0.15) is 0 Å². The summed E-state index contributed by atoms with van der Waals surface area (Å²) in [6, 6.07) is 15.4. The van der Waals surface area contributed by atoms with Gasteiger partial charge in [0.1, 0.15) is 11.5 Å². The normalized spacial score (nSPS) is 15.3. The number of urea groups is 1. The summed E-state index contributed by atoms with van der Waals surface area (Å²) in [6.07, 6.45) is 3.53. The average molecular weight is 389 g/mol. The van der Waals surface area contributed by atoms with E-state index < -0.39 is 17.8 Å². The molecule has 1 saturated heterocycles. The highest BCUT2D eigenvalue weighted by Crippen LogP contribution is 2.21. The van der Waals surface area contributed by atoms with Crippen molar-refractivity contribution in [2.24, 2.45) is 0 Å². The summed E-state index contributed by atoms with van der Waals surface area (Å²) in [5.74, 6) is -0.930. The van der Waals surface area contributed by atoms with E-state index in [0.29, 0.717) is 0 Å². The van der Waals surface area contributed by atoms with Crippen LogP contribution < -0.4 is 5.32 Å². The van der Waals surface area contributed by atoms with Crippen LogP contribution in [0, 0.1) is 19.7 Å². The van der Waals surface area contributed by atoms with Crippen LogP contribution in [0.2, 0.25) is 0 Å². The van der Waals surface area contributed by atoms with Crippen molar-refractivity contribution in [1.29, 1.82) is 0 Å². The molecule has 1 aliphatic rings. The van der Waals surface area contributed by atoms with E-state index in [9.17, 15) is 14.0 Å². The lowest BCUT2D eigenvalue weighted by atomic mass is 10.1. The molecule has 0 radical (unpaired) electrons. The lowest BCUT2D eigenvalue weighted by Gasteiger charge is -2.12. The number of imide groups is 1. The second-order valence-electron chi connectivity index (χ2n) is 7.04. The molecular formula is C23H20FN3O2. The molecule has 0 unspecified atom stereocenters. The molecule has 6 heteroatoms. The second kappa shape index (κ2) is 7.39. The molecule has 0 bridgehead atoms. The SMILES string of the molecule is Cc1ccc(-n2cccc2/C=C2/NC(=O)N(Cc3ccccc3F)C2=O)cc1C. The van der Waals surface area contributed by atoms with Crippen LogP contribution in [0.15, 0.2) is 66.5 Å². The highest BCUT2D eigenvalue weighted by molar-refractivity contribution is 6.13. The van der Waals surface area contributed by atoms with Gasteiger partial charge in [-0.15, -0.1) is 0 Å². The van der Waals surface area contributed by atoms with Crippen LogP contribution in [0.4, 0.5) is 9.18 Å². The molecule has 1 aliphatic heterocycles. The van der Waals surface area contributed by atoms with Gasteiger partial charge in [0.2, 0.25) is 0 Å². The lowest BCUT2D eigenvalue weighted by molar-refractivity contribution is -0.123. The third-order valence-electron chi connectivity index (χ3n) is 5.09. The number of aromatic nitrogens is 1. The molecule has 29 heavy (non-hydrogen) atoms. The largest absolute Gasteiger partial charge is 0.329 e. The zero-order chi connectivity index (χ0) is 20.5. The van der Waals surface area contributed by atoms with Crippen molar-refractivity contribution >= 4 is 18.0 Å². The van der Waals surface area contributed by atoms with Crippen LogP contribution in [-0.2, 0) is 11.3 Å². The van der Waals surface area contributed by atoms with Crippen molar-refractivity contribution in [2.45, 2.75) is 20.4 Å². The third-order valence-corrected chi connectivity index (χ3v) is 5.09. The van der Waals surface area contributed by atoms with Gasteiger partial charge in [-0.1, -0.05) is 24.3 Å². The first-order valence-corrected chi connectivity index (χ1v) is 9.27.